The summed E-state index contributed by atoms with van der Waals surface area (Å²) in [6, 6.07) is 12.0. The molecule has 2 rings (SSSR count). The second-order valence-corrected chi connectivity index (χ2v) is 4.71. The van der Waals surface area contributed by atoms with E-state index in [4.69, 9.17) is 19.3 Å². The first-order chi connectivity index (χ1) is 11.2. The molecule has 2 aromatic rings. The Bertz CT molecular complexity index is 655. The monoisotopic (exact) mass is 317 g/mol. The highest BCUT2D eigenvalue weighted by Crippen LogP contribution is 2.28. The molecule has 122 valence electrons. The number of carbonyl (C=O) groups excluding carboxylic acids is 1. The molecule has 0 atom stereocenters. The lowest BCUT2D eigenvalue weighted by Crippen LogP contribution is -2.20. The Morgan fingerprint density at radius 1 is 1.04 bits per heavy atom. The van der Waals surface area contributed by atoms with Crippen LogP contribution in [-0.2, 0) is 11.4 Å². The van der Waals surface area contributed by atoms with Crippen molar-refractivity contribution in [1.82, 2.24) is 0 Å². The van der Waals surface area contributed by atoms with Crippen molar-refractivity contribution in [2.75, 3.05) is 26.1 Å². The third-order valence-corrected chi connectivity index (χ3v) is 3.14. The highest BCUT2D eigenvalue weighted by atomic mass is 16.5. The molecule has 2 aromatic carbocycles. The number of rotatable bonds is 7. The summed E-state index contributed by atoms with van der Waals surface area (Å²) in [5, 5.41) is 11.8. The molecular formula is C17H19NO5. The van der Waals surface area contributed by atoms with E-state index in [0.717, 1.165) is 0 Å². The van der Waals surface area contributed by atoms with Crippen molar-refractivity contribution < 1.29 is 24.1 Å². The first-order valence-corrected chi connectivity index (χ1v) is 7.00. The Morgan fingerprint density at radius 2 is 1.78 bits per heavy atom. The Kier molecular flexibility index (Phi) is 5.82. The second-order valence-electron chi connectivity index (χ2n) is 4.71. The number of ether oxygens (including phenoxy) is 3. The SMILES string of the molecule is COc1ccc(NC(=O)COc2ccc(CO)cc2OC)cc1. The molecule has 0 aliphatic rings. The Labute approximate surface area is 134 Å². The van der Waals surface area contributed by atoms with Gasteiger partial charge in [-0.25, -0.2) is 0 Å². The molecule has 0 aromatic heterocycles. The number of methoxy groups -OCH3 is 2. The van der Waals surface area contributed by atoms with Gasteiger partial charge in [0.25, 0.3) is 5.91 Å². The standard InChI is InChI=1S/C17H19NO5/c1-21-14-6-4-13(5-7-14)18-17(20)11-23-15-8-3-12(10-19)9-16(15)22-2/h3-9,19H,10-11H2,1-2H3,(H,18,20). The average molecular weight is 317 g/mol. The van der Waals surface area contributed by atoms with E-state index in [0.29, 0.717) is 28.5 Å². The van der Waals surface area contributed by atoms with Crippen LogP contribution in [0.3, 0.4) is 0 Å². The summed E-state index contributed by atoms with van der Waals surface area (Å²) in [5.74, 6) is 1.33. The lowest BCUT2D eigenvalue weighted by molar-refractivity contribution is -0.118. The maximum Gasteiger partial charge on any atom is 0.262 e. The largest absolute Gasteiger partial charge is 0.497 e. The molecule has 0 aliphatic heterocycles. The summed E-state index contributed by atoms with van der Waals surface area (Å²) in [6.07, 6.45) is 0. The van der Waals surface area contributed by atoms with Gasteiger partial charge >= 0.3 is 0 Å². The van der Waals surface area contributed by atoms with Gasteiger partial charge in [0, 0.05) is 5.69 Å². The summed E-state index contributed by atoms with van der Waals surface area (Å²) in [7, 11) is 3.08. The zero-order valence-corrected chi connectivity index (χ0v) is 13.0. The van der Waals surface area contributed by atoms with Crippen LogP contribution >= 0.6 is 0 Å². The van der Waals surface area contributed by atoms with Crippen LogP contribution in [0.2, 0.25) is 0 Å². The molecule has 6 heteroatoms. The van der Waals surface area contributed by atoms with Crippen molar-refractivity contribution in [1.29, 1.82) is 0 Å². The average Bonchev–Trinajstić information content (AvgIpc) is 2.60. The van der Waals surface area contributed by atoms with Crippen LogP contribution in [0.15, 0.2) is 42.5 Å². The fourth-order valence-electron chi connectivity index (χ4n) is 1.94. The number of nitrogens with one attached hydrogen (secondary N) is 1. The third-order valence-electron chi connectivity index (χ3n) is 3.14. The van der Waals surface area contributed by atoms with E-state index < -0.39 is 0 Å². The molecule has 0 aliphatic carbocycles. The van der Waals surface area contributed by atoms with Crippen LogP contribution < -0.4 is 19.5 Å². The summed E-state index contributed by atoms with van der Waals surface area (Å²) >= 11 is 0. The maximum absolute atomic E-state index is 11.9. The van der Waals surface area contributed by atoms with E-state index in [1.165, 1.54) is 7.11 Å². The first-order valence-electron chi connectivity index (χ1n) is 7.00. The predicted molar refractivity (Wildman–Crippen MR) is 86.0 cm³/mol. The lowest BCUT2D eigenvalue weighted by Gasteiger charge is -2.12. The van der Waals surface area contributed by atoms with E-state index in [2.05, 4.69) is 5.32 Å². The van der Waals surface area contributed by atoms with Crippen LogP contribution in [0, 0.1) is 0 Å². The minimum Gasteiger partial charge on any atom is -0.497 e. The fraction of sp³-hybridized carbons (Fsp3) is 0.235. The molecule has 6 nitrogen and oxygen atoms in total. The zero-order valence-electron chi connectivity index (χ0n) is 13.0. The van der Waals surface area contributed by atoms with Crippen molar-refractivity contribution in [3.05, 3.63) is 48.0 Å². The summed E-state index contributed by atoms with van der Waals surface area (Å²) < 4.78 is 15.7. The number of amides is 1. The lowest BCUT2D eigenvalue weighted by atomic mass is 10.2. The summed E-state index contributed by atoms with van der Waals surface area (Å²) in [5.41, 5.74) is 1.36. The van der Waals surface area contributed by atoms with Gasteiger partial charge < -0.3 is 24.6 Å². The molecule has 0 unspecified atom stereocenters. The van der Waals surface area contributed by atoms with E-state index in [1.54, 1.807) is 49.6 Å². The van der Waals surface area contributed by atoms with Crippen LogP contribution in [0.4, 0.5) is 5.69 Å². The van der Waals surface area contributed by atoms with E-state index in [1.807, 2.05) is 0 Å². The number of anilines is 1. The number of aliphatic hydroxyl groups is 1. The summed E-state index contributed by atoms with van der Waals surface area (Å²) in [6.45, 7) is -0.241. The van der Waals surface area contributed by atoms with Gasteiger partial charge in [0.15, 0.2) is 18.1 Å². The van der Waals surface area contributed by atoms with E-state index in [-0.39, 0.29) is 19.1 Å². The molecule has 23 heavy (non-hydrogen) atoms. The zero-order chi connectivity index (χ0) is 16.7. The van der Waals surface area contributed by atoms with Crippen molar-refractivity contribution >= 4 is 11.6 Å². The van der Waals surface area contributed by atoms with Crippen LogP contribution in [-0.4, -0.2) is 31.8 Å². The van der Waals surface area contributed by atoms with E-state index >= 15 is 0 Å². The maximum atomic E-state index is 11.9. The number of aliphatic hydroxyl groups excluding tert-OH is 1. The number of hydrogen-bond acceptors (Lipinski definition) is 5. The minimum absolute atomic E-state index is 0.0887. The topological polar surface area (TPSA) is 77.0 Å². The molecule has 2 N–H and O–H groups in total. The molecule has 0 radical (unpaired) electrons. The molecule has 0 spiro atoms. The third kappa shape index (κ3) is 4.62. The van der Waals surface area contributed by atoms with Gasteiger partial charge in [0.1, 0.15) is 5.75 Å². The normalized spacial score (nSPS) is 10.0. The molecular weight excluding hydrogens is 298 g/mol. The molecule has 0 bridgehead atoms. The summed E-state index contributed by atoms with van der Waals surface area (Å²) in [4.78, 5) is 11.9. The Balaban J connectivity index is 1.93. The van der Waals surface area contributed by atoms with Crippen molar-refractivity contribution in [3.63, 3.8) is 0 Å². The second kappa shape index (κ2) is 8.05. The first kappa shape index (κ1) is 16.6. The van der Waals surface area contributed by atoms with E-state index in [9.17, 15) is 4.79 Å². The Hall–Kier alpha value is -2.73. The number of carbonyl (C=O) groups is 1. The smallest absolute Gasteiger partial charge is 0.262 e. The highest BCUT2D eigenvalue weighted by Gasteiger charge is 2.09. The van der Waals surface area contributed by atoms with Gasteiger partial charge in [-0.1, -0.05) is 6.07 Å². The van der Waals surface area contributed by atoms with Gasteiger partial charge in [0.2, 0.25) is 0 Å². The van der Waals surface area contributed by atoms with Crippen molar-refractivity contribution in [2.24, 2.45) is 0 Å². The van der Waals surface area contributed by atoms with Gasteiger partial charge in [-0.05, 0) is 42.0 Å². The highest BCUT2D eigenvalue weighted by molar-refractivity contribution is 5.91. The quantitative estimate of drug-likeness (QED) is 0.819. The van der Waals surface area contributed by atoms with Crippen LogP contribution in [0.5, 0.6) is 17.2 Å². The van der Waals surface area contributed by atoms with Gasteiger partial charge in [-0.3, -0.25) is 4.79 Å². The number of benzene rings is 2. The molecule has 1 amide bonds. The molecule has 0 saturated heterocycles. The van der Waals surface area contributed by atoms with Gasteiger partial charge in [0.05, 0.1) is 20.8 Å². The van der Waals surface area contributed by atoms with Crippen molar-refractivity contribution in [3.8, 4) is 17.2 Å². The fourth-order valence-corrected chi connectivity index (χ4v) is 1.94. The Morgan fingerprint density at radius 3 is 2.39 bits per heavy atom. The van der Waals surface area contributed by atoms with Crippen molar-refractivity contribution in [2.45, 2.75) is 6.61 Å². The predicted octanol–water partition coefficient (Wildman–Crippen LogP) is 2.21. The minimum atomic E-state index is -0.288. The molecule has 0 fully saturated rings. The molecule has 0 saturated carbocycles. The van der Waals surface area contributed by atoms with Crippen LogP contribution in [0.25, 0.3) is 0 Å². The number of hydrogen-bond donors (Lipinski definition) is 2. The molecule has 0 heterocycles. The van der Waals surface area contributed by atoms with Crippen LogP contribution in [0.1, 0.15) is 5.56 Å². The van der Waals surface area contributed by atoms with Gasteiger partial charge in [-0.15, -0.1) is 0 Å². The van der Waals surface area contributed by atoms with Gasteiger partial charge in [-0.2, -0.15) is 0 Å².